The molecule has 0 aliphatic heterocycles. The van der Waals surface area contributed by atoms with Crippen molar-refractivity contribution < 1.29 is 9.53 Å². The molecule has 2 unspecified atom stereocenters. The van der Waals surface area contributed by atoms with Gasteiger partial charge in [0.05, 0.1) is 6.42 Å². The molecule has 1 N–H and O–H groups in total. The predicted octanol–water partition coefficient (Wildman–Crippen LogP) is 2.45. The molecule has 0 saturated carbocycles. The van der Waals surface area contributed by atoms with Crippen LogP contribution in [0.15, 0.2) is 0 Å². The van der Waals surface area contributed by atoms with Crippen LogP contribution in [0.5, 0.6) is 0 Å². The van der Waals surface area contributed by atoms with Crippen molar-refractivity contribution >= 4 is 17.7 Å². The molecule has 0 aromatic carbocycles. The van der Waals surface area contributed by atoms with E-state index in [0.29, 0.717) is 11.7 Å². The minimum absolute atomic E-state index is 0.135. The molecule has 0 aromatic rings. The Morgan fingerprint density at radius 2 is 1.94 bits per heavy atom. The Labute approximate surface area is 104 Å². The maximum absolute atomic E-state index is 11.5. The van der Waals surface area contributed by atoms with Crippen molar-refractivity contribution in [1.82, 2.24) is 5.32 Å². The average molecular weight is 247 g/mol. The maximum atomic E-state index is 11.5. The number of ether oxygens (including phenoxy) is 1. The summed E-state index contributed by atoms with van der Waals surface area (Å²) in [6.45, 7) is 10.8. The van der Waals surface area contributed by atoms with Gasteiger partial charge < -0.3 is 10.1 Å². The van der Waals surface area contributed by atoms with Gasteiger partial charge in [0.2, 0.25) is 0 Å². The first kappa shape index (κ1) is 15.8. The van der Waals surface area contributed by atoms with Crippen LogP contribution in [0.2, 0.25) is 0 Å². The quantitative estimate of drug-likeness (QED) is 0.732. The highest BCUT2D eigenvalue weighted by Gasteiger charge is 2.18. The van der Waals surface area contributed by atoms with E-state index in [1.54, 1.807) is 0 Å². The summed E-state index contributed by atoms with van der Waals surface area (Å²) in [5, 5.41) is 3.90. The van der Waals surface area contributed by atoms with Crippen molar-refractivity contribution in [3.8, 4) is 0 Å². The summed E-state index contributed by atoms with van der Waals surface area (Å²) in [6, 6.07) is 0.171. The van der Waals surface area contributed by atoms with Crippen molar-refractivity contribution in [3.05, 3.63) is 0 Å². The van der Waals surface area contributed by atoms with Gasteiger partial charge in [0.25, 0.3) is 0 Å². The fraction of sp³-hybridized carbons (Fsp3) is 0.917. The molecule has 0 fully saturated rings. The molecule has 0 radical (unpaired) electrons. The summed E-state index contributed by atoms with van der Waals surface area (Å²) in [5.41, 5.74) is -0.386. The third kappa shape index (κ3) is 9.04. The number of thioether (sulfide) groups is 1. The lowest BCUT2D eigenvalue weighted by atomic mass is 10.2. The Balaban J connectivity index is 3.79. The molecule has 0 rings (SSSR count). The maximum Gasteiger partial charge on any atom is 0.307 e. The molecule has 0 bridgehead atoms. The lowest BCUT2D eigenvalue weighted by Crippen LogP contribution is -2.35. The van der Waals surface area contributed by atoms with Crippen molar-refractivity contribution in [2.45, 2.75) is 57.9 Å². The van der Waals surface area contributed by atoms with E-state index >= 15 is 0 Å². The number of rotatable bonds is 6. The molecule has 0 spiro atoms. The van der Waals surface area contributed by atoms with E-state index in [1.807, 2.05) is 39.5 Å². The van der Waals surface area contributed by atoms with Gasteiger partial charge in [-0.05, 0) is 34.0 Å². The molecule has 0 saturated heterocycles. The van der Waals surface area contributed by atoms with Crippen LogP contribution >= 0.6 is 11.8 Å². The zero-order valence-corrected chi connectivity index (χ0v) is 12.1. The van der Waals surface area contributed by atoms with E-state index in [0.717, 1.165) is 6.54 Å². The monoisotopic (exact) mass is 247 g/mol. The molecule has 96 valence electrons. The topological polar surface area (TPSA) is 38.3 Å². The third-order valence-corrected chi connectivity index (χ3v) is 3.02. The molecular weight excluding hydrogens is 222 g/mol. The second-order valence-corrected chi connectivity index (χ2v) is 6.42. The molecule has 0 aliphatic rings. The van der Waals surface area contributed by atoms with Gasteiger partial charge in [0, 0.05) is 17.8 Å². The van der Waals surface area contributed by atoms with Crippen molar-refractivity contribution in [1.29, 1.82) is 0 Å². The second-order valence-electron chi connectivity index (χ2n) is 5.15. The van der Waals surface area contributed by atoms with Gasteiger partial charge in [0.15, 0.2) is 0 Å². The van der Waals surface area contributed by atoms with Gasteiger partial charge in [0.1, 0.15) is 5.60 Å². The molecular formula is C12H25NO2S. The molecule has 3 nitrogen and oxygen atoms in total. The largest absolute Gasteiger partial charge is 0.460 e. The van der Waals surface area contributed by atoms with Gasteiger partial charge in [-0.2, -0.15) is 11.8 Å². The normalized spacial score (nSPS) is 15.6. The molecule has 0 aliphatic carbocycles. The number of carbonyl (C=O) groups excluding carboxylic acids is 1. The summed E-state index contributed by atoms with van der Waals surface area (Å²) < 4.78 is 5.26. The molecule has 0 heterocycles. The van der Waals surface area contributed by atoms with Crippen LogP contribution in [0, 0.1) is 0 Å². The Kier molecular flexibility index (Phi) is 7.07. The molecule has 2 atom stereocenters. The lowest BCUT2D eigenvalue weighted by Gasteiger charge is -2.21. The highest BCUT2D eigenvalue weighted by molar-refractivity contribution is 7.99. The first-order valence-corrected chi connectivity index (χ1v) is 7.01. The van der Waals surface area contributed by atoms with E-state index in [1.165, 1.54) is 0 Å². The van der Waals surface area contributed by atoms with Crippen molar-refractivity contribution in [3.63, 3.8) is 0 Å². The van der Waals surface area contributed by atoms with Crippen LogP contribution in [-0.4, -0.2) is 35.7 Å². The van der Waals surface area contributed by atoms with Crippen LogP contribution in [0.25, 0.3) is 0 Å². The molecule has 0 aromatic heterocycles. The van der Waals surface area contributed by atoms with Gasteiger partial charge >= 0.3 is 5.97 Å². The number of hydrogen-bond acceptors (Lipinski definition) is 4. The van der Waals surface area contributed by atoms with E-state index < -0.39 is 0 Å². The fourth-order valence-corrected chi connectivity index (χ4v) is 1.42. The second kappa shape index (κ2) is 7.17. The third-order valence-electron chi connectivity index (χ3n) is 2.05. The van der Waals surface area contributed by atoms with E-state index in [2.05, 4.69) is 18.5 Å². The summed E-state index contributed by atoms with van der Waals surface area (Å²) >= 11 is 1.82. The SMILES string of the molecule is CSC(C)CNC(C)CC(=O)OC(C)(C)C. The molecule has 16 heavy (non-hydrogen) atoms. The predicted molar refractivity (Wildman–Crippen MR) is 70.9 cm³/mol. The Morgan fingerprint density at radius 1 is 1.38 bits per heavy atom. The van der Waals surface area contributed by atoms with Gasteiger partial charge in [-0.25, -0.2) is 0 Å². The van der Waals surface area contributed by atoms with E-state index in [9.17, 15) is 4.79 Å². The van der Waals surface area contributed by atoms with Gasteiger partial charge in [-0.1, -0.05) is 6.92 Å². The first-order valence-electron chi connectivity index (χ1n) is 5.72. The Morgan fingerprint density at radius 3 is 2.38 bits per heavy atom. The van der Waals surface area contributed by atoms with Crippen LogP contribution in [0.3, 0.4) is 0 Å². The van der Waals surface area contributed by atoms with E-state index in [4.69, 9.17) is 4.74 Å². The number of carbonyl (C=O) groups is 1. The molecule has 0 amide bonds. The van der Waals surface area contributed by atoms with Crippen LogP contribution in [0.4, 0.5) is 0 Å². The summed E-state index contributed by atoms with van der Waals surface area (Å²) in [6.07, 6.45) is 2.52. The average Bonchev–Trinajstić information content (AvgIpc) is 2.10. The van der Waals surface area contributed by atoms with Crippen LogP contribution in [0.1, 0.15) is 41.0 Å². The minimum atomic E-state index is -0.386. The highest BCUT2D eigenvalue weighted by atomic mass is 32.2. The Bertz CT molecular complexity index is 214. The highest BCUT2D eigenvalue weighted by Crippen LogP contribution is 2.09. The standard InChI is InChI=1S/C12H25NO2S/c1-9(13-8-10(2)16-6)7-11(14)15-12(3,4)5/h9-10,13H,7-8H2,1-6H3. The van der Waals surface area contributed by atoms with Crippen LogP contribution < -0.4 is 5.32 Å². The lowest BCUT2D eigenvalue weighted by molar-refractivity contribution is -0.155. The fourth-order valence-electron chi connectivity index (χ4n) is 1.16. The summed E-state index contributed by atoms with van der Waals surface area (Å²) in [5.74, 6) is -0.135. The van der Waals surface area contributed by atoms with Gasteiger partial charge in [-0.15, -0.1) is 0 Å². The number of hydrogen-bond donors (Lipinski definition) is 1. The number of esters is 1. The number of nitrogens with one attached hydrogen (secondary N) is 1. The summed E-state index contributed by atoms with van der Waals surface area (Å²) in [4.78, 5) is 11.5. The zero-order valence-electron chi connectivity index (χ0n) is 11.3. The van der Waals surface area contributed by atoms with Crippen LogP contribution in [-0.2, 0) is 9.53 Å². The first-order chi connectivity index (χ1) is 7.24. The van der Waals surface area contributed by atoms with Crippen molar-refractivity contribution in [2.75, 3.05) is 12.8 Å². The Hall–Kier alpha value is -0.220. The zero-order chi connectivity index (χ0) is 12.8. The smallest absolute Gasteiger partial charge is 0.307 e. The van der Waals surface area contributed by atoms with E-state index in [-0.39, 0.29) is 17.6 Å². The summed E-state index contributed by atoms with van der Waals surface area (Å²) in [7, 11) is 0. The van der Waals surface area contributed by atoms with Gasteiger partial charge in [-0.3, -0.25) is 4.79 Å². The van der Waals surface area contributed by atoms with Crippen molar-refractivity contribution in [2.24, 2.45) is 0 Å². The minimum Gasteiger partial charge on any atom is -0.460 e. The molecule has 4 heteroatoms.